The molecule has 0 aromatic heterocycles. The Morgan fingerprint density at radius 1 is 1.32 bits per heavy atom. The smallest absolute Gasteiger partial charge is 0.223 e. The third-order valence-electron chi connectivity index (χ3n) is 6.18. The number of piperidine rings is 1. The second-order valence-electron chi connectivity index (χ2n) is 7.09. The monoisotopic (exact) mass is 264 g/mol. The molecule has 3 heteroatoms. The van der Waals surface area contributed by atoms with Gasteiger partial charge in [-0.3, -0.25) is 4.79 Å². The second-order valence-corrected chi connectivity index (χ2v) is 7.09. The molecular weight excluding hydrogens is 236 g/mol. The quantitative estimate of drug-likeness (QED) is 0.821. The molecule has 2 aliphatic carbocycles. The van der Waals surface area contributed by atoms with Crippen LogP contribution in [0.15, 0.2) is 0 Å². The van der Waals surface area contributed by atoms with Crippen LogP contribution in [0.25, 0.3) is 0 Å². The van der Waals surface area contributed by atoms with Crippen LogP contribution in [0.5, 0.6) is 0 Å². The molecule has 1 heterocycles. The molecule has 0 radical (unpaired) electrons. The lowest BCUT2D eigenvalue weighted by Gasteiger charge is -2.25. The molecule has 3 fully saturated rings. The van der Waals surface area contributed by atoms with Crippen molar-refractivity contribution in [2.45, 2.75) is 58.4 Å². The molecule has 3 rings (SSSR count). The molecule has 3 aliphatic rings. The van der Waals surface area contributed by atoms with Crippen LogP contribution in [-0.4, -0.2) is 25.0 Å². The van der Waals surface area contributed by atoms with Gasteiger partial charge in [-0.25, -0.2) is 0 Å². The van der Waals surface area contributed by atoms with E-state index in [1.807, 2.05) is 0 Å². The largest absolute Gasteiger partial charge is 0.353 e. The highest BCUT2D eigenvalue weighted by molar-refractivity contribution is 5.83. The van der Waals surface area contributed by atoms with E-state index in [2.05, 4.69) is 24.5 Å². The zero-order valence-corrected chi connectivity index (χ0v) is 12.4. The van der Waals surface area contributed by atoms with Gasteiger partial charge in [-0.05, 0) is 62.4 Å². The Morgan fingerprint density at radius 3 is 2.68 bits per heavy atom. The molecule has 0 aromatic rings. The van der Waals surface area contributed by atoms with E-state index < -0.39 is 0 Å². The topological polar surface area (TPSA) is 41.1 Å². The lowest BCUT2D eigenvalue weighted by molar-refractivity contribution is -0.124. The summed E-state index contributed by atoms with van der Waals surface area (Å²) in [6.07, 6.45) is 7.27. The second kappa shape index (κ2) is 5.08. The molecular formula is C16H28N2O. The summed E-state index contributed by atoms with van der Waals surface area (Å²) in [5.41, 5.74) is 0.376. The van der Waals surface area contributed by atoms with E-state index in [4.69, 9.17) is 0 Å². The molecule has 0 aromatic carbocycles. The minimum absolute atomic E-state index is 0.322. The number of nitrogens with one attached hydrogen (secondary N) is 2. The Morgan fingerprint density at radius 2 is 2.05 bits per heavy atom. The molecule has 4 atom stereocenters. The van der Waals surface area contributed by atoms with Crippen molar-refractivity contribution in [3.8, 4) is 0 Å². The predicted molar refractivity (Wildman–Crippen MR) is 76.8 cm³/mol. The molecule has 1 amide bonds. The van der Waals surface area contributed by atoms with E-state index in [1.165, 1.54) is 32.1 Å². The van der Waals surface area contributed by atoms with Gasteiger partial charge in [-0.15, -0.1) is 0 Å². The van der Waals surface area contributed by atoms with Gasteiger partial charge in [-0.1, -0.05) is 20.3 Å². The zero-order chi connectivity index (χ0) is 13.5. The highest BCUT2D eigenvalue weighted by Crippen LogP contribution is 2.58. The van der Waals surface area contributed by atoms with Gasteiger partial charge in [-0.2, -0.15) is 0 Å². The lowest BCUT2D eigenvalue weighted by Crippen LogP contribution is -2.40. The van der Waals surface area contributed by atoms with Gasteiger partial charge in [0.2, 0.25) is 5.91 Å². The highest BCUT2D eigenvalue weighted by atomic mass is 16.2. The molecule has 1 saturated heterocycles. The maximum atomic E-state index is 12.4. The van der Waals surface area contributed by atoms with Crippen molar-refractivity contribution in [3.05, 3.63) is 0 Å². The van der Waals surface area contributed by atoms with Crippen LogP contribution in [0, 0.1) is 23.2 Å². The fraction of sp³-hybridized carbons (Fsp3) is 0.938. The third kappa shape index (κ3) is 2.42. The van der Waals surface area contributed by atoms with Crippen LogP contribution >= 0.6 is 0 Å². The average Bonchev–Trinajstić information content (AvgIpc) is 3.00. The fourth-order valence-electron chi connectivity index (χ4n) is 4.51. The van der Waals surface area contributed by atoms with Crippen molar-refractivity contribution >= 4 is 5.91 Å². The number of hydrogen-bond acceptors (Lipinski definition) is 2. The Labute approximate surface area is 116 Å². The molecule has 2 N–H and O–H groups in total. The Bertz CT molecular complexity index is 349. The van der Waals surface area contributed by atoms with Crippen LogP contribution in [0.4, 0.5) is 0 Å². The number of carbonyl (C=O) groups excluding carboxylic acids is 1. The first-order chi connectivity index (χ1) is 9.16. The van der Waals surface area contributed by atoms with E-state index in [-0.39, 0.29) is 0 Å². The predicted octanol–water partition coefficient (Wildman–Crippen LogP) is 2.32. The van der Waals surface area contributed by atoms with E-state index in [9.17, 15) is 4.79 Å². The van der Waals surface area contributed by atoms with Gasteiger partial charge >= 0.3 is 0 Å². The first-order valence-corrected chi connectivity index (χ1v) is 8.17. The van der Waals surface area contributed by atoms with Crippen molar-refractivity contribution in [1.82, 2.24) is 10.6 Å². The molecule has 2 saturated carbocycles. The molecule has 19 heavy (non-hydrogen) atoms. The molecule has 108 valence electrons. The Kier molecular flexibility index (Phi) is 3.59. The van der Waals surface area contributed by atoms with Crippen LogP contribution < -0.4 is 10.6 Å². The summed E-state index contributed by atoms with van der Waals surface area (Å²) in [5, 5.41) is 6.77. The normalized spacial score (nSPS) is 40.3. The van der Waals surface area contributed by atoms with E-state index in [1.54, 1.807) is 0 Å². The molecule has 1 spiro atoms. The molecule has 3 nitrogen and oxygen atoms in total. The van der Waals surface area contributed by atoms with Crippen LogP contribution in [0.1, 0.15) is 52.4 Å². The average molecular weight is 264 g/mol. The minimum atomic E-state index is 0.322. The lowest BCUT2D eigenvalue weighted by atomic mass is 9.91. The van der Waals surface area contributed by atoms with E-state index in [0.29, 0.717) is 29.2 Å². The Balaban J connectivity index is 1.53. The number of rotatable bonds is 3. The summed E-state index contributed by atoms with van der Waals surface area (Å²) in [5.74, 6) is 2.16. The number of carbonyl (C=O) groups is 1. The van der Waals surface area contributed by atoms with Crippen molar-refractivity contribution in [1.29, 1.82) is 0 Å². The van der Waals surface area contributed by atoms with E-state index >= 15 is 0 Å². The van der Waals surface area contributed by atoms with Gasteiger partial charge in [0.15, 0.2) is 0 Å². The van der Waals surface area contributed by atoms with Gasteiger partial charge in [0, 0.05) is 12.0 Å². The maximum Gasteiger partial charge on any atom is 0.223 e. The minimum Gasteiger partial charge on any atom is -0.353 e. The van der Waals surface area contributed by atoms with Gasteiger partial charge < -0.3 is 10.6 Å². The van der Waals surface area contributed by atoms with Gasteiger partial charge in [0.1, 0.15) is 0 Å². The van der Waals surface area contributed by atoms with Crippen molar-refractivity contribution < 1.29 is 4.79 Å². The number of amides is 1. The van der Waals surface area contributed by atoms with Crippen molar-refractivity contribution in [2.24, 2.45) is 23.2 Å². The maximum absolute atomic E-state index is 12.4. The molecule has 0 bridgehead atoms. The highest BCUT2D eigenvalue weighted by Gasteiger charge is 2.57. The van der Waals surface area contributed by atoms with Crippen LogP contribution in [-0.2, 0) is 4.79 Å². The van der Waals surface area contributed by atoms with E-state index in [0.717, 1.165) is 25.4 Å². The third-order valence-corrected chi connectivity index (χ3v) is 6.18. The summed E-state index contributed by atoms with van der Waals surface area (Å²) in [7, 11) is 0. The summed E-state index contributed by atoms with van der Waals surface area (Å²) in [4.78, 5) is 12.4. The SMILES string of the molecule is CCC1CCC(NC(=O)C2CC23CCNCC3)C1C. The number of hydrogen-bond donors (Lipinski definition) is 2. The first kappa shape index (κ1) is 13.4. The van der Waals surface area contributed by atoms with Gasteiger partial charge in [0.25, 0.3) is 0 Å². The molecule has 4 unspecified atom stereocenters. The summed E-state index contributed by atoms with van der Waals surface area (Å²) < 4.78 is 0. The summed E-state index contributed by atoms with van der Waals surface area (Å²) in [6, 6.07) is 0.441. The van der Waals surface area contributed by atoms with Gasteiger partial charge in [0.05, 0.1) is 0 Å². The van der Waals surface area contributed by atoms with Crippen molar-refractivity contribution in [2.75, 3.05) is 13.1 Å². The summed E-state index contributed by atoms with van der Waals surface area (Å²) in [6.45, 7) is 6.79. The fourth-order valence-corrected chi connectivity index (χ4v) is 4.51. The Hall–Kier alpha value is -0.570. The zero-order valence-electron chi connectivity index (χ0n) is 12.4. The van der Waals surface area contributed by atoms with Crippen LogP contribution in [0.2, 0.25) is 0 Å². The summed E-state index contributed by atoms with van der Waals surface area (Å²) >= 11 is 0. The first-order valence-electron chi connectivity index (χ1n) is 8.17. The van der Waals surface area contributed by atoms with Crippen LogP contribution in [0.3, 0.4) is 0 Å². The molecule has 1 aliphatic heterocycles. The standard InChI is InChI=1S/C16H28N2O/c1-3-12-4-5-14(11(12)2)18-15(19)13-10-16(13)6-8-17-9-7-16/h11-14,17H,3-10H2,1-2H3,(H,18,19). The van der Waals surface area contributed by atoms with Crippen molar-refractivity contribution in [3.63, 3.8) is 0 Å².